The van der Waals surface area contributed by atoms with E-state index >= 15 is 0 Å². The number of urea groups is 1. The van der Waals surface area contributed by atoms with E-state index in [1.165, 1.54) is 16.7 Å². The summed E-state index contributed by atoms with van der Waals surface area (Å²) in [6, 6.07) is 8.99. The molecule has 1 aromatic heterocycles. The summed E-state index contributed by atoms with van der Waals surface area (Å²) in [5, 5.41) is 3.51. The first-order valence-electron chi connectivity index (χ1n) is 11.4. The number of hydrogen-bond donors (Lipinski definition) is 1. The number of likely N-dealkylation sites (tertiary alicyclic amines) is 1. The molecule has 2 saturated heterocycles. The van der Waals surface area contributed by atoms with Gasteiger partial charge in [-0.05, 0) is 55.9 Å². The van der Waals surface area contributed by atoms with E-state index in [4.69, 9.17) is 4.74 Å². The van der Waals surface area contributed by atoms with Crippen molar-refractivity contribution in [2.45, 2.75) is 36.9 Å². The Hall–Kier alpha value is -3.14. The van der Waals surface area contributed by atoms with Crippen molar-refractivity contribution in [1.29, 1.82) is 0 Å². The van der Waals surface area contributed by atoms with E-state index in [-0.39, 0.29) is 29.5 Å². The SMILES string of the molecule is COc1ccc(CCN2C(=O)N[C@](C)(C3CCN(C(=O)CSc4ncccn4)CC3)C2=O)cc1. The van der Waals surface area contributed by atoms with Crippen molar-refractivity contribution in [2.24, 2.45) is 5.92 Å². The molecule has 180 valence electrons. The third kappa shape index (κ3) is 5.16. The minimum absolute atomic E-state index is 0.0240. The lowest BCUT2D eigenvalue weighted by Crippen LogP contribution is -2.54. The van der Waals surface area contributed by atoms with Crippen molar-refractivity contribution in [3.05, 3.63) is 48.3 Å². The molecule has 10 heteroatoms. The maximum atomic E-state index is 13.3. The molecule has 3 heterocycles. The predicted octanol–water partition coefficient (Wildman–Crippen LogP) is 2.37. The Morgan fingerprint density at radius 2 is 1.85 bits per heavy atom. The molecule has 0 aliphatic carbocycles. The van der Waals surface area contributed by atoms with Crippen LogP contribution in [0.3, 0.4) is 0 Å². The zero-order chi connectivity index (χ0) is 24.1. The maximum absolute atomic E-state index is 13.3. The van der Waals surface area contributed by atoms with Crippen LogP contribution in [0.5, 0.6) is 5.75 Å². The van der Waals surface area contributed by atoms with Crippen molar-refractivity contribution < 1.29 is 19.1 Å². The molecular weight excluding hydrogens is 454 g/mol. The molecule has 34 heavy (non-hydrogen) atoms. The number of nitrogens with one attached hydrogen (secondary N) is 1. The Kier molecular flexibility index (Phi) is 7.35. The van der Waals surface area contributed by atoms with E-state index in [0.29, 0.717) is 44.1 Å². The standard InChI is InChI=1S/C24H29N5O4S/c1-24(18-9-13-28(14-10-18)20(30)16-34-22-25-11-3-12-26-22)21(31)29(23(32)27-24)15-8-17-4-6-19(33-2)7-5-17/h3-7,11-12,18H,8-10,13-16H2,1-2H3,(H,27,32)/t24-/m1/s1. The number of carbonyl (C=O) groups excluding carboxylic acids is 3. The fourth-order valence-electron chi connectivity index (χ4n) is 4.51. The fourth-order valence-corrected chi connectivity index (χ4v) is 5.22. The number of methoxy groups -OCH3 is 1. The van der Waals surface area contributed by atoms with Gasteiger partial charge in [-0.1, -0.05) is 23.9 Å². The average molecular weight is 484 g/mol. The van der Waals surface area contributed by atoms with Crippen LogP contribution in [0.2, 0.25) is 0 Å². The van der Waals surface area contributed by atoms with Gasteiger partial charge in [0.1, 0.15) is 11.3 Å². The highest BCUT2D eigenvalue weighted by molar-refractivity contribution is 7.99. The second-order valence-electron chi connectivity index (χ2n) is 8.66. The van der Waals surface area contributed by atoms with E-state index in [1.807, 2.05) is 36.1 Å². The molecule has 1 aromatic carbocycles. The lowest BCUT2D eigenvalue weighted by Gasteiger charge is -2.38. The lowest BCUT2D eigenvalue weighted by atomic mass is 9.79. The first-order chi connectivity index (χ1) is 16.4. The van der Waals surface area contributed by atoms with Gasteiger partial charge in [-0.25, -0.2) is 14.8 Å². The summed E-state index contributed by atoms with van der Waals surface area (Å²) in [7, 11) is 1.61. The Bertz CT molecular complexity index is 1030. The minimum Gasteiger partial charge on any atom is -0.497 e. The molecule has 0 bridgehead atoms. The summed E-state index contributed by atoms with van der Waals surface area (Å²) < 4.78 is 5.17. The van der Waals surface area contributed by atoms with Crippen LogP contribution in [0.25, 0.3) is 0 Å². The molecular formula is C24H29N5O4S. The number of carbonyl (C=O) groups is 3. The van der Waals surface area contributed by atoms with Crippen molar-refractivity contribution in [2.75, 3.05) is 32.5 Å². The predicted molar refractivity (Wildman–Crippen MR) is 127 cm³/mol. The van der Waals surface area contributed by atoms with Crippen molar-refractivity contribution >= 4 is 29.6 Å². The average Bonchev–Trinajstić information content (AvgIpc) is 3.10. The van der Waals surface area contributed by atoms with Gasteiger partial charge in [-0.3, -0.25) is 14.5 Å². The highest BCUT2D eigenvalue weighted by Gasteiger charge is 2.52. The first kappa shape index (κ1) is 24.0. The summed E-state index contributed by atoms with van der Waals surface area (Å²) in [6.07, 6.45) is 5.20. The largest absolute Gasteiger partial charge is 0.497 e. The van der Waals surface area contributed by atoms with Crippen LogP contribution >= 0.6 is 11.8 Å². The van der Waals surface area contributed by atoms with Gasteiger partial charge in [0.15, 0.2) is 5.16 Å². The molecule has 4 rings (SSSR count). The molecule has 9 nitrogen and oxygen atoms in total. The second kappa shape index (κ2) is 10.4. The minimum atomic E-state index is -0.946. The summed E-state index contributed by atoms with van der Waals surface area (Å²) in [6.45, 7) is 3.25. The number of ether oxygens (including phenoxy) is 1. The molecule has 1 N–H and O–H groups in total. The van der Waals surface area contributed by atoms with Crippen molar-refractivity contribution in [1.82, 2.24) is 25.1 Å². The number of benzene rings is 1. The first-order valence-corrected chi connectivity index (χ1v) is 12.3. The van der Waals surface area contributed by atoms with Crippen LogP contribution in [0.15, 0.2) is 47.9 Å². The highest BCUT2D eigenvalue weighted by Crippen LogP contribution is 2.33. The summed E-state index contributed by atoms with van der Waals surface area (Å²) in [4.78, 5) is 49.9. The quantitative estimate of drug-likeness (QED) is 0.349. The van der Waals surface area contributed by atoms with Gasteiger partial charge in [0.05, 0.1) is 12.9 Å². The molecule has 0 unspecified atom stereocenters. The van der Waals surface area contributed by atoms with Gasteiger partial charge in [-0.2, -0.15) is 0 Å². The lowest BCUT2D eigenvalue weighted by molar-refractivity contribution is -0.134. The second-order valence-corrected chi connectivity index (χ2v) is 9.60. The van der Waals surface area contributed by atoms with Gasteiger partial charge < -0.3 is 15.0 Å². The summed E-state index contributed by atoms with van der Waals surface area (Å²) >= 11 is 1.32. The summed E-state index contributed by atoms with van der Waals surface area (Å²) in [5.74, 6) is 0.865. The topological polar surface area (TPSA) is 105 Å². The molecule has 1 atom stereocenters. The number of piperidine rings is 1. The van der Waals surface area contributed by atoms with Crippen LogP contribution < -0.4 is 10.1 Å². The number of aromatic nitrogens is 2. The third-order valence-electron chi connectivity index (χ3n) is 6.62. The number of hydrogen-bond acceptors (Lipinski definition) is 7. The number of rotatable bonds is 8. The molecule has 4 amide bonds. The Balaban J connectivity index is 1.29. The van der Waals surface area contributed by atoms with E-state index < -0.39 is 5.54 Å². The smallest absolute Gasteiger partial charge is 0.325 e. The number of amides is 4. The van der Waals surface area contributed by atoms with Crippen LogP contribution in [0.4, 0.5) is 4.79 Å². The number of imide groups is 1. The van der Waals surface area contributed by atoms with E-state index in [9.17, 15) is 14.4 Å². The van der Waals surface area contributed by atoms with E-state index in [1.54, 1.807) is 25.6 Å². The molecule has 2 aliphatic rings. The van der Waals surface area contributed by atoms with Crippen LogP contribution in [0, 0.1) is 5.92 Å². The molecule has 2 aromatic rings. The number of thioether (sulfide) groups is 1. The number of nitrogens with zero attached hydrogens (tertiary/aromatic N) is 4. The summed E-state index contributed by atoms with van der Waals surface area (Å²) in [5.41, 5.74) is 0.0827. The zero-order valence-electron chi connectivity index (χ0n) is 19.4. The van der Waals surface area contributed by atoms with E-state index in [0.717, 1.165) is 11.3 Å². The van der Waals surface area contributed by atoms with Gasteiger partial charge in [0.2, 0.25) is 5.91 Å². The van der Waals surface area contributed by atoms with Crippen LogP contribution in [-0.2, 0) is 16.0 Å². The van der Waals surface area contributed by atoms with Crippen molar-refractivity contribution in [3.63, 3.8) is 0 Å². The van der Waals surface area contributed by atoms with Crippen LogP contribution in [-0.4, -0.2) is 75.6 Å². The maximum Gasteiger partial charge on any atom is 0.325 e. The monoisotopic (exact) mass is 483 g/mol. The van der Waals surface area contributed by atoms with Crippen LogP contribution in [0.1, 0.15) is 25.3 Å². The molecule has 2 aliphatic heterocycles. The zero-order valence-corrected chi connectivity index (χ0v) is 20.2. The molecule has 0 radical (unpaired) electrons. The normalized spacial score (nSPS) is 21.0. The van der Waals surface area contributed by atoms with Gasteiger partial charge >= 0.3 is 6.03 Å². The molecule has 0 saturated carbocycles. The Labute approximate surface area is 203 Å². The fraction of sp³-hybridized carbons (Fsp3) is 0.458. The van der Waals surface area contributed by atoms with Gasteiger partial charge in [0.25, 0.3) is 5.91 Å². The van der Waals surface area contributed by atoms with E-state index in [2.05, 4.69) is 15.3 Å². The Morgan fingerprint density at radius 1 is 1.18 bits per heavy atom. The molecule has 0 spiro atoms. The highest BCUT2D eigenvalue weighted by atomic mass is 32.2. The molecule has 2 fully saturated rings. The van der Waals surface area contributed by atoms with Gasteiger partial charge in [0, 0.05) is 32.0 Å². The van der Waals surface area contributed by atoms with Gasteiger partial charge in [-0.15, -0.1) is 0 Å². The third-order valence-corrected chi connectivity index (χ3v) is 7.48. The van der Waals surface area contributed by atoms with Crippen molar-refractivity contribution in [3.8, 4) is 5.75 Å². The Morgan fingerprint density at radius 3 is 2.50 bits per heavy atom.